The van der Waals surface area contributed by atoms with E-state index < -0.39 is 21.6 Å². The zero-order chi connectivity index (χ0) is 30.3. The first-order valence-corrected chi connectivity index (χ1v) is 16.2. The van der Waals surface area contributed by atoms with Gasteiger partial charge in [-0.05, 0) is 43.9 Å². The smallest absolute Gasteiger partial charge is 0.254 e. The number of Topliss-reactive ketones (excluding diaryl/α,β-unsaturated/α-hetero) is 1. The SMILES string of the molecule is COc1cc(C(=O)N(CCCc2ccccc2)Cc2nc(C(=O)CS(=O)(=O)N(C)C3CCOC3)cs2)cc(OC)c1C. The summed E-state index contributed by atoms with van der Waals surface area (Å²) in [5, 5.41) is 2.09. The molecular formula is C30H37N3O7S2. The monoisotopic (exact) mass is 615 g/mol. The maximum Gasteiger partial charge on any atom is 0.254 e. The van der Waals surface area contributed by atoms with Gasteiger partial charge in [-0.3, -0.25) is 9.59 Å². The number of aromatic nitrogens is 1. The Balaban J connectivity index is 1.51. The van der Waals surface area contributed by atoms with Crippen LogP contribution in [0.5, 0.6) is 11.5 Å². The van der Waals surface area contributed by atoms with Crippen molar-refractivity contribution in [3.63, 3.8) is 0 Å². The highest BCUT2D eigenvalue weighted by molar-refractivity contribution is 7.89. The van der Waals surface area contributed by atoms with Crippen LogP contribution >= 0.6 is 11.3 Å². The second kappa shape index (κ2) is 14.2. The number of methoxy groups -OCH3 is 2. The van der Waals surface area contributed by atoms with Crippen LogP contribution < -0.4 is 9.47 Å². The predicted octanol–water partition coefficient (Wildman–Crippen LogP) is 3.98. The number of aryl methyl sites for hydroxylation is 1. The molecule has 1 atom stereocenters. The van der Waals surface area contributed by atoms with Gasteiger partial charge in [0.2, 0.25) is 10.0 Å². The molecule has 0 saturated carbocycles. The Morgan fingerprint density at radius 2 is 1.81 bits per heavy atom. The number of hydrogen-bond acceptors (Lipinski definition) is 9. The lowest BCUT2D eigenvalue weighted by Gasteiger charge is -2.23. The first-order valence-electron chi connectivity index (χ1n) is 13.7. The number of benzene rings is 2. The molecule has 1 amide bonds. The van der Waals surface area contributed by atoms with Gasteiger partial charge in [-0.1, -0.05) is 30.3 Å². The van der Waals surface area contributed by atoms with Crippen molar-refractivity contribution in [2.45, 2.75) is 38.8 Å². The third-order valence-electron chi connectivity index (χ3n) is 7.36. The second-order valence-corrected chi connectivity index (χ2v) is 13.1. The normalized spacial score (nSPS) is 15.1. The summed E-state index contributed by atoms with van der Waals surface area (Å²) in [6.07, 6.45) is 2.09. The van der Waals surface area contributed by atoms with E-state index in [4.69, 9.17) is 14.2 Å². The fraction of sp³-hybridized carbons (Fsp3) is 0.433. The van der Waals surface area contributed by atoms with Gasteiger partial charge in [0.1, 0.15) is 28.0 Å². The fourth-order valence-electron chi connectivity index (χ4n) is 4.82. The van der Waals surface area contributed by atoms with Crippen molar-refractivity contribution in [3.05, 3.63) is 75.2 Å². The molecule has 10 nitrogen and oxygen atoms in total. The molecule has 1 unspecified atom stereocenters. The molecule has 42 heavy (non-hydrogen) atoms. The minimum absolute atomic E-state index is 0.0741. The number of thiazole rings is 1. The van der Waals surface area contributed by atoms with E-state index in [-0.39, 0.29) is 24.2 Å². The molecule has 1 aliphatic heterocycles. The summed E-state index contributed by atoms with van der Waals surface area (Å²) < 4.78 is 43.2. The Bertz CT molecular complexity index is 1460. The maximum atomic E-state index is 13.8. The van der Waals surface area contributed by atoms with Crippen molar-refractivity contribution in [3.8, 4) is 11.5 Å². The number of rotatable bonds is 14. The highest BCUT2D eigenvalue weighted by Crippen LogP contribution is 2.30. The summed E-state index contributed by atoms with van der Waals surface area (Å²) >= 11 is 1.22. The molecule has 2 aromatic carbocycles. The van der Waals surface area contributed by atoms with E-state index in [0.29, 0.717) is 54.7 Å². The summed E-state index contributed by atoms with van der Waals surface area (Å²) in [4.78, 5) is 32.9. The number of carbonyl (C=O) groups excluding carboxylic acids is 2. The standard InChI is InChI=1S/C30H37N3O7S2/c1-21-27(38-3)15-23(16-28(21)39-4)30(35)33(13-8-11-22-9-6-5-7-10-22)17-29-31-25(19-41-29)26(34)20-42(36,37)32(2)24-12-14-40-18-24/h5-7,9-10,15-16,19,24H,8,11-14,17-18,20H2,1-4H3. The van der Waals surface area contributed by atoms with Crippen LogP contribution in [0.3, 0.4) is 0 Å². The summed E-state index contributed by atoms with van der Waals surface area (Å²) in [5.74, 6) is -0.408. The van der Waals surface area contributed by atoms with Crippen molar-refractivity contribution < 1.29 is 32.2 Å². The van der Waals surface area contributed by atoms with Crippen LogP contribution in [0.15, 0.2) is 47.8 Å². The van der Waals surface area contributed by atoms with Crippen molar-refractivity contribution in [1.29, 1.82) is 0 Å². The number of hydrogen-bond donors (Lipinski definition) is 0. The number of sulfonamides is 1. The highest BCUT2D eigenvalue weighted by Gasteiger charge is 2.32. The summed E-state index contributed by atoms with van der Waals surface area (Å²) in [7, 11) is 0.731. The third-order valence-corrected chi connectivity index (χ3v) is 9.99. The number of amides is 1. The number of ether oxygens (including phenoxy) is 3. The first-order chi connectivity index (χ1) is 20.1. The van der Waals surface area contributed by atoms with E-state index in [2.05, 4.69) is 4.98 Å². The number of likely N-dealkylation sites (N-methyl/N-ethyl adjacent to an activating group) is 1. The highest BCUT2D eigenvalue weighted by atomic mass is 32.2. The second-order valence-electron chi connectivity index (χ2n) is 10.2. The first kappa shape index (κ1) is 31.6. The van der Waals surface area contributed by atoms with Crippen LogP contribution in [0.2, 0.25) is 0 Å². The van der Waals surface area contributed by atoms with Crippen molar-refractivity contribution in [2.75, 3.05) is 46.8 Å². The van der Waals surface area contributed by atoms with Crippen molar-refractivity contribution in [2.24, 2.45) is 0 Å². The molecule has 0 radical (unpaired) electrons. The Morgan fingerprint density at radius 1 is 1.12 bits per heavy atom. The van der Waals surface area contributed by atoms with Gasteiger partial charge in [0.05, 0.1) is 33.4 Å². The molecule has 0 spiro atoms. The summed E-state index contributed by atoms with van der Waals surface area (Å²) in [6, 6.07) is 13.1. The van der Waals surface area contributed by atoms with Crippen LogP contribution in [0, 0.1) is 6.92 Å². The molecule has 3 aromatic rings. The Labute approximate surface area is 251 Å². The van der Waals surface area contributed by atoms with Gasteiger partial charge < -0.3 is 19.1 Å². The molecule has 0 N–H and O–H groups in total. The topological polar surface area (TPSA) is 115 Å². The molecule has 1 aliphatic rings. The average molecular weight is 616 g/mol. The molecule has 1 fully saturated rings. The van der Waals surface area contributed by atoms with Crippen LogP contribution in [-0.2, 0) is 27.7 Å². The zero-order valence-electron chi connectivity index (χ0n) is 24.4. The fourth-order valence-corrected chi connectivity index (χ4v) is 6.93. The van der Waals surface area contributed by atoms with Gasteiger partial charge in [-0.25, -0.2) is 13.4 Å². The van der Waals surface area contributed by atoms with Crippen LogP contribution in [-0.4, -0.2) is 87.1 Å². The van der Waals surface area contributed by atoms with Gasteiger partial charge in [0.15, 0.2) is 5.78 Å². The Morgan fingerprint density at radius 3 is 2.43 bits per heavy atom. The van der Waals surface area contributed by atoms with Gasteiger partial charge in [0, 0.05) is 36.7 Å². The molecular weight excluding hydrogens is 578 g/mol. The van der Waals surface area contributed by atoms with Gasteiger partial charge >= 0.3 is 0 Å². The molecule has 1 aromatic heterocycles. The lowest BCUT2D eigenvalue weighted by Crippen LogP contribution is -2.40. The van der Waals surface area contributed by atoms with E-state index in [1.165, 1.54) is 28.3 Å². The number of carbonyl (C=O) groups is 2. The van der Waals surface area contributed by atoms with E-state index in [9.17, 15) is 18.0 Å². The van der Waals surface area contributed by atoms with Gasteiger partial charge in [-0.2, -0.15) is 4.31 Å². The number of ketones is 1. The van der Waals surface area contributed by atoms with Crippen LogP contribution in [0.25, 0.3) is 0 Å². The van der Waals surface area contributed by atoms with Crippen molar-refractivity contribution >= 4 is 33.1 Å². The van der Waals surface area contributed by atoms with E-state index >= 15 is 0 Å². The van der Waals surface area contributed by atoms with Crippen LogP contribution in [0.4, 0.5) is 0 Å². The lowest BCUT2D eigenvalue weighted by atomic mass is 10.1. The van der Waals surface area contributed by atoms with Gasteiger partial charge in [-0.15, -0.1) is 11.3 Å². The summed E-state index contributed by atoms with van der Waals surface area (Å²) in [6.45, 7) is 3.28. The van der Waals surface area contributed by atoms with E-state index in [1.807, 2.05) is 37.3 Å². The Kier molecular flexibility index (Phi) is 10.7. The van der Waals surface area contributed by atoms with E-state index in [1.54, 1.807) is 36.6 Å². The van der Waals surface area contributed by atoms with Crippen molar-refractivity contribution in [1.82, 2.24) is 14.2 Å². The van der Waals surface area contributed by atoms with E-state index in [0.717, 1.165) is 12.0 Å². The third kappa shape index (κ3) is 7.74. The molecule has 2 heterocycles. The summed E-state index contributed by atoms with van der Waals surface area (Å²) in [5.41, 5.74) is 2.44. The predicted molar refractivity (Wildman–Crippen MR) is 161 cm³/mol. The maximum absolute atomic E-state index is 13.8. The molecule has 4 rings (SSSR count). The average Bonchev–Trinajstić information content (AvgIpc) is 3.69. The minimum Gasteiger partial charge on any atom is -0.496 e. The van der Waals surface area contributed by atoms with Crippen LogP contribution in [0.1, 0.15) is 49.8 Å². The molecule has 226 valence electrons. The van der Waals surface area contributed by atoms with Gasteiger partial charge in [0.25, 0.3) is 5.91 Å². The molecule has 0 aliphatic carbocycles. The Hall–Kier alpha value is -3.32. The molecule has 12 heteroatoms. The lowest BCUT2D eigenvalue weighted by molar-refractivity contribution is 0.0740. The molecule has 1 saturated heterocycles. The zero-order valence-corrected chi connectivity index (χ0v) is 26.0. The molecule has 0 bridgehead atoms. The number of nitrogens with zero attached hydrogens (tertiary/aromatic N) is 3. The minimum atomic E-state index is -3.83. The quantitative estimate of drug-likeness (QED) is 0.250. The largest absolute Gasteiger partial charge is 0.496 e.